The van der Waals surface area contributed by atoms with Crippen molar-refractivity contribution < 1.29 is 4.79 Å². The summed E-state index contributed by atoms with van der Waals surface area (Å²) in [5.74, 6) is 5.77. The first-order chi connectivity index (χ1) is 7.41. The first-order valence-corrected chi connectivity index (χ1v) is 5.80. The fourth-order valence-electron chi connectivity index (χ4n) is 1.59. The van der Waals surface area contributed by atoms with E-state index in [1.165, 1.54) is 0 Å². The van der Waals surface area contributed by atoms with Gasteiger partial charge in [-0.15, -0.1) is 24.7 Å². The topological polar surface area (TPSA) is 17.1 Å². The highest BCUT2D eigenvalue weighted by Gasteiger charge is 2.25. The molecule has 0 N–H and O–H groups in total. The molecule has 0 amide bonds. The van der Waals surface area contributed by atoms with E-state index in [9.17, 15) is 4.79 Å². The first kappa shape index (κ1) is 14.8. The van der Waals surface area contributed by atoms with E-state index in [0.29, 0.717) is 25.7 Å². The molecule has 0 aliphatic rings. The fraction of sp³-hybridized carbons (Fsp3) is 0.667. The lowest BCUT2D eigenvalue weighted by molar-refractivity contribution is -0.120. The molecule has 0 bridgehead atoms. The average Bonchev–Trinajstić information content (AvgIpc) is 2.16. The summed E-state index contributed by atoms with van der Waals surface area (Å²) in [4.78, 5) is 11.7. The quantitative estimate of drug-likeness (QED) is 0.493. The van der Waals surface area contributed by atoms with Crippen LogP contribution >= 0.6 is 0 Å². The van der Waals surface area contributed by atoms with E-state index in [-0.39, 0.29) is 17.1 Å². The number of hydrogen-bond donors (Lipinski definition) is 0. The molecule has 0 saturated carbocycles. The zero-order valence-electron chi connectivity index (χ0n) is 10.7. The largest absolute Gasteiger partial charge is 0.300 e. The molecule has 0 radical (unpaired) electrons. The summed E-state index contributed by atoms with van der Waals surface area (Å²) in [6.45, 7) is 6.39. The van der Waals surface area contributed by atoms with Gasteiger partial charge >= 0.3 is 0 Å². The lowest BCUT2D eigenvalue weighted by Gasteiger charge is -2.28. The lowest BCUT2D eigenvalue weighted by Crippen LogP contribution is -2.23. The van der Waals surface area contributed by atoms with Gasteiger partial charge in [0, 0.05) is 25.7 Å². The minimum atomic E-state index is 0.0914. The second-order valence-electron chi connectivity index (χ2n) is 5.27. The number of hydrogen-bond acceptors (Lipinski definition) is 1. The van der Waals surface area contributed by atoms with E-state index in [4.69, 9.17) is 12.8 Å². The van der Waals surface area contributed by atoms with E-state index in [2.05, 4.69) is 32.6 Å². The summed E-state index contributed by atoms with van der Waals surface area (Å²) in [7, 11) is 0. The van der Waals surface area contributed by atoms with Crippen molar-refractivity contribution in [3.63, 3.8) is 0 Å². The Hall–Kier alpha value is -1.21. The fourth-order valence-corrected chi connectivity index (χ4v) is 1.59. The van der Waals surface area contributed by atoms with Gasteiger partial charge in [-0.1, -0.05) is 20.8 Å². The maximum absolute atomic E-state index is 11.7. The third-order valence-electron chi connectivity index (χ3n) is 2.84. The predicted octanol–water partition coefficient (Wildman–Crippen LogP) is 3.43. The molecular weight excluding hydrogens is 196 g/mol. The van der Waals surface area contributed by atoms with Crippen LogP contribution in [-0.2, 0) is 4.79 Å². The Morgan fingerprint density at radius 3 is 2.31 bits per heavy atom. The van der Waals surface area contributed by atoms with Crippen LogP contribution in [0.4, 0.5) is 0 Å². The summed E-state index contributed by atoms with van der Waals surface area (Å²) in [5, 5.41) is 0. The molecule has 1 atom stereocenters. The predicted molar refractivity (Wildman–Crippen MR) is 68.7 cm³/mol. The minimum Gasteiger partial charge on any atom is -0.300 e. The summed E-state index contributed by atoms with van der Waals surface area (Å²) in [6, 6.07) is 0. The number of carbonyl (C=O) groups is 1. The van der Waals surface area contributed by atoms with Crippen LogP contribution in [0.25, 0.3) is 0 Å². The van der Waals surface area contributed by atoms with Crippen LogP contribution in [0.5, 0.6) is 0 Å². The van der Waals surface area contributed by atoms with Crippen LogP contribution in [0.2, 0.25) is 0 Å². The monoisotopic (exact) mass is 218 g/mol. The Morgan fingerprint density at radius 2 is 1.88 bits per heavy atom. The highest BCUT2D eigenvalue weighted by molar-refractivity contribution is 5.78. The van der Waals surface area contributed by atoms with Crippen molar-refractivity contribution in [2.75, 3.05) is 0 Å². The number of unbranched alkanes of at least 4 members (excludes halogenated alkanes) is 1. The molecule has 0 aromatic carbocycles. The average molecular weight is 218 g/mol. The molecule has 0 saturated heterocycles. The van der Waals surface area contributed by atoms with Gasteiger partial charge in [0.15, 0.2) is 0 Å². The van der Waals surface area contributed by atoms with Gasteiger partial charge in [-0.3, -0.25) is 4.79 Å². The van der Waals surface area contributed by atoms with Gasteiger partial charge in [0.1, 0.15) is 5.78 Å². The van der Waals surface area contributed by atoms with Gasteiger partial charge in [-0.05, 0) is 17.8 Å². The third kappa shape index (κ3) is 6.31. The molecule has 0 spiro atoms. The molecule has 0 heterocycles. The number of ketones is 1. The van der Waals surface area contributed by atoms with Gasteiger partial charge in [-0.25, -0.2) is 0 Å². The van der Waals surface area contributed by atoms with Crippen molar-refractivity contribution in [1.29, 1.82) is 0 Å². The van der Waals surface area contributed by atoms with Crippen LogP contribution in [0, 0.1) is 36.0 Å². The van der Waals surface area contributed by atoms with Crippen molar-refractivity contribution >= 4 is 5.78 Å². The van der Waals surface area contributed by atoms with E-state index < -0.39 is 0 Å². The zero-order chi connectivity index (χ0) is 12.6. The van der Waals surface area contributed by atoms with Crippen molar-refractivity contribution in [1.82, 2.24) is 0 Å². The molecule has 0 fully saturated rings. The van der Waals surface area contributed by atoms with Gasteiger partial charge in [0.05, 0.1) is 0 Å². The second-order valence-corrected chi connectivity index (χ2v) is 5.27. The van der Waals surface area contributed by atoms with Crippen molar-refractivity contribution in [2.45, 2.75) is 52.9 Å². The molecule has 1 heteroatoms. The van der Waals surface area contributed by atoms with Gasteiger partial charge in [-0.2, -0.15) is 0 Å². The Morgan fingerprint density at radius 1 is 1.25 bits per heavy atom. The van der Waals surface area contributed by atoms with Crippen LogP contribution in [0.1, 0.15) is 52.9 Å². The number of rotatable bonds is 6. The maximum Gasteiger partial charge on any atom is 0.133 e. The SMILES string of the molecule is C#CCCCC(=O)CC(CC#C)C(C)(C)C. The lowest BCUT2D eigenvalue weighted by atomic mass is 9.76. The molecule has 16 heavy (non-hydrogen) atoms. The molecule has 0 aromatic heterocycles. The Bertz CT molecular complexity index is 293. The standard InChI is InChI=1S/C15H22O/c1-6-8-9-11-14(16)12-13(10-7-2)15(3,4)5/h1-2,13H,8-12H2,3-5H3. The van der Waals surface area contributed by atoms with Crippen LogP contribution < -0.4 is 0 Å². The normalized spacial score (nSPS) is 12.6. The smallest absolute Gasteiger partial charge is 0.133 e. The molecule has 0 aliphatic heterocycles. The van der Waals surface area contributed by atoms with Gasteiger partial charge < -0.3 is 0 Å². The Kier molecular flexibility index (Phi) is 6.59. The summed E-state index contributed by atoms with van der Waals surface area (Å²) in [6.07, 6.45) is 13.8. The maximum atomic E-state index is 11.7. The minimum absolute atomic E-state index is 0.0914. The molecule has 1 unspecified atom stereocenters. The van der Waals surface area contributed by atoms with Crippen molar-refractivity contribution in [3.05, 3.63) is 0 Å². The number of carbonyl (C=O) groups excluding carboxylic acids is 1. The molecule has 0 rings (SSSR count). The third-order valence-corrected chi connectivity index (χ3v) is 2.84. The van der Waals surface area contributed by atoms with Crippen LogP contribution in [0.15, 0.2) is 0 Å². The number of terminal acetylenes is 2. The number of Topliss-reactive ketones (excluding diaryl/α,β-unsaturated/α-hetero) is 1. The van der Waals surface area contributed by atoms with E-state index in [1.807, 2.05) is 0 Å². The van der Waals surface area contributed by atoms with Crippen molar-refractivity contribution in [3.8, 4) is 24.7 Å². The summed E-state index contributed by atoms with van der Waals surface area (Å²) < 4.78 is 0. The summed E-state index contributed by atoms with van der Waals surface area (Å²) in [5.41, 5.74) is 0.0914. The van der Waals surface area contributed by atoms with Gasteiger partial charge in [0.25, 0.3) is 0 Å². The van der Waals surface area contributed by atoms with E-state index >= 15 is 0 Å². The van der Waals surface area contributed by atoms with Gasteiger partial charge in [0.2, 0.25) is 0 Å². The summed E-state index contributed by atoms with van der Waals surface area (Å²) >= 11 is 0. The Balaban J connectivity index is 4.16. The molecular formula is C15H22O. The molecule has 0 aromatic rings. The highest BCUT2D eigenvalue weighted by Crippen LogP contribution is 2.31. The molecule has 0 aliphatic carbocycles. The second kappa shape index (κ2) is 7.13. The highest BCUT2D eigenvalue weighted by atomic mass is 16.1. The van der Waals surface area contributed by atoms with E-state index in [1.54, 1.807) is 0 Å². The van der Waals surface area contributed by atoms with Crippen molar-refractivity contribution in [2.24, 2.45) is 11.3 Å². The molecule has 1 nitrogen and oxygen atoms in total. The molecule has 88 valence electrons. The zero-order valence-corrected chi connectivity index (χ0v) is 10.7. The Labute approximate surface area is 100 Å². The first-order valence-electron chi connectivity index (χ1n) is 5.80. The van der Waals surface area contributed by atoms with Crippen LogP contribution in [-0.4, -0.2) is 5.78 Å². The van der Waals surface area contributed by atoms with Crippen LogP contribution in [0.3, 0.4) is 0 Å². The van der Waals surface area contributed by atoms with E-state index in [0.717, 1.165) is 6.42 Å².